The van der Waals surface area contributed by atoms with Crippen LogP contribution in [0.15, 0.2) is 73.3 Å². The first-order valence-electron chi connectivity index (χ1n) is 13.3. The zero-order valence-electron chi connectivity index (χ0n) is 22.3. The lowest BCUT2D eigenvalue weighted by Crippen LogP contribution is -2.40. The molecule has 0 N–H and O–H groups in total. The maximum atomic E-state index is 12.9. The van der Waals surface area contributed by atoms with Crippen LogP contribution >= 0.6 is 0 Å². The highest BCUT2D eigenvalue weighted by molar-refractivity contribution is 5.79. The van der Waals surface area contributed by atoms with Gasteiger partial charge in [-0.05, 0) is 71.7 Å². The van der Waals surface area contributed by atoms with Crippen LogP contribution in [-0.2, 0) is 20.4 Å². The molecule has 4 heterocycles. The average molecular weight is 505 g/mol. The molecule has 0 radical (unpaired) electrons. The Labute approximate surface area is 223 Å². The molecule has 2 aliphatic rings. The third-order valence-corrected chi connectivity index (χ3v) is 8.36. The fourth-order valence-corrected chi connectivity index (χ4v) is 7.20. The van der Waals surface area contributed by atoms with Crippen molar-refractivity contribution in [3.63, 3.8) is 0 Å². The Kier molecular flexibility index (Phi) is 5.86. The van der Waals surface area contributed by atoms with Gasteiger partial charge in [0, 0.05) is 35.6 Å². The van der Waals surface area contributed by atoms with Crippen LogP contribution in [0.1, 0.15) is 62.3 Å². The van der Waals surface area contributed by atoms with E-state index in [-0.39, 0.29) is 17.3 Å². The average Bonchev–Trinajstić information content (AvgIpc) is 3.36. The van der Waals surface area contributed by atoms with Gasteiger partial charge in [-0.1, -0.05) is 45.0 Å². The lowest BCUT2D eigenvalue weighted by Gasteiger charge is -2.43. The van der Waals surface area contributed by atoms with Crippen LogP contribution < -0.4 is 0 Å². The van der Waals surface area contributed by atoms with Crippen LogP contribution in [0.2, 0.25) is 0 Å². The molecule has 0 aromatic carbocycles. The summed E-state index contributed by atoms with van der Waals surface area (Å²) in [5.41, 5.74) is 7.48. The molecule has 1 unspecified atom stereocenters. The maximum Gasteiger partial charge on any atom is 0.308 e. The van der Waals surface area contributed by atoms with Crippen molar-refractivity contribution in [1.82, 2.24) is 19.9 Å². The summed E-state index contributed by atoms with van der Waals surface area (Å²) in [5, 5.41) is 0. The molecule has 6 heteroatoms. The summed E-state index contributed by atoms with van der Waals surface area (Å²) in [6, 6.07) is 16.8. The van der Waals surface area contributed by atoms with Gasteiger partial charge in [-0.2, -0.15) is 0 Å². The smallest absolute Gasteiger partial charge is 0.308 e. The van der Waals surface area contributed by atoms with Gasteiger partial charge in [0.15, 0.2) is 0 Å². The van der Waals surface area contributed by atoms with Crippen molar-refractivity contribution in [2.45, 2.75) is 50.9 Å². The minimum absolute atomic E-state index is 0.208. The number of carbonyl (C=O) groups excluding carboxylic acids is 1. The zero-order valence-corrected chi connectivity index (χ0v) is 22.3. The number of carbonyl (C=O) groups is 1. The van der Waals surface area contributed by atoms with Crippen LogP contribution in [0, 0.1) is 11.8 Å². The summed E-state index contributed by atoms with van der Waals surface area (Å²) >= 11 is 0. The first kappa shape index (κ1) is 24.4. The fraction of sp³-hybridized carbons (Fsp3) is 0.344. The van der Waals surface area contributed by atoms with Crippen molar-refractivity contribution >= 4 is 5.97 Å². The molecule has 4 aromatic rings. The van der Waals surface area contributed by atoms with E-state index in [2.05, 4.69) is 38.1 Å². The molecular weight excluding hydrogens is 472 g/mol. The monoisotopic (exact) mass is 504 g/mol. The van der Waals surface area contributed by atoms with E-state index < -0.39 is 5.41 Å². The number of methoxy groups -OCH3 is 1. The molecule has 0 saturated heterocycles. The lowest BCUT2D eigenvalue weighted by atomic mass is 9.58. The first-order chi connectivity index (χ1) is 18.4. The van der Waals surface area contributed by atoms with Gasteiger partial charge < -0.3 is 4.74 Å². The number of esters is 1. The van der Waals surface area contributed by atoms with Gasteiger partial charge in [0.05, 0.1) is 35.8 Å². The number of hydrogen-bond acceptors (Lipinski definition) is 6. The molecule has 0 fully saturated rings. The van der Waals surface area contributed by atoms with E-state index in [0.717, 1.165) is 46.7 Å². The molecule has 38 heavy (non-hydrogen) atoms. The number of nitrogens with zero attached hydrogens (tertiary/aromatic N) is 4. The minimum atomic E-state index is -0.514. The Hall–Kier alpha value is -3.93. The summed E-state index contributed by atoms with van der Waals surface area (Å²) in [5.74, 6) is -0.119. The first-order valence-corrected chi connectivity index (χ1v) is 13.3. The van der Waals surface area contributed by atoms with Crippen molar-refractivity contribution < 1.29 is 9.53 Å². The number of fused-ring (bicyclic) bond motifs is 6. The molecule has 6 nitrogen and oxygen atoms in total. The van der Waals surface area contributed by atoms with Gasteiger partial charge >= 0.3 is 5.97 Å². The third kappa shape index (κ3) is 3.50. The fourth-order valence-electron chi connectivity index (χ4n) is 7.20. The summed E-state index contributed by atoms with van der Waals surface area (Å²) in [6.07, 6.45) is 9.61. The summed E-state index contributed by atoms with van der Waals surface area (Å²) in [6.45, 7) is 6.51. The van der Waals surface area contributed by atoms with Crippen LogP contribution in [0.4, 0.5) is 0 Å². The Morgan fingerprint density at radius 2 is 1.05 bits per heavy atom. The molecule has 0 saturated carbocycles. The second kappa shape index (κ2) is 9.12. The summed E-state index contributed by atoms with van der Waals surface area (Å²) < 4.78 is 5.23. The Morgan fingerprint density at radius 1 is 0.684 bits per heavy atom. The quantitative estimate of drug-likeness (QED) is 0.282. The highest BCUT2D eigenvalue weighted by atomic mass is 16.5. The topological polar surface area (TPSA) is 77.9 Å². The zero-order chi connectivity index (χ0) is 26.5. The number of rotatable bonds is 7. The molecule has 192 valence electrons. The van der Waals surface area contributed by atoms with Crippen molar-refractivity contribution in [2.75, 3.05) is 7.11 Å². The van der Waals surface area contributed by atoms with Gasteiger partial charge in [0.1, 0.15) is 0 Å². The van der Waals surface area contributed by atoms with Crippen molar-refractivity contribution in [2.24, 2.45) is 11.8 Å². The molecule has 4 aromatic heterocycles. The summed E-state index contributed by atoms with van der Waals surface area (Å²) in [4.78, 5) is 32.2. The van der Waals surface area contributed by atoms with Gasteiger partial charge in [-0.25, -0.2) is 0 Å². The predicted molar refractivity (Wildman–Crippen MR) is 146 cm³/mol. The molecule has 6 rings (SSSR count). The van der Waals surface area contributed by atoms with Crippen LogP contribution in [-0.4, -0.2) is 33.0 Å². The minimum Gasteiger partial charge on any atom is -0.469 e. The van der Waals surface area contributed by atoms with Crippen LogP contribution in [0.5, 0.6) is 0 Å². The van der Waals surface area contributed by atoms with E-state index in [1.165, 1.54) is 18.2 Å². The lowest BCUT2D eigenvalue weighted by molar-refractivity contribution is -0.145. The third-order valence-electron chi connectivity index (χ3n) is 8.36. The van der Waals surface area contributed by atoms with Gasteiger partial charge in [-0.15, -0.1) is 0 Å². The van der Waals surface area contributed by atoms with Crippen molar-refractivity contribution in [1.29, 1.82) is 0 Å². The molecule has 0 amide bonds. The van der Waals surface area contributed by atoms with E-state index >= 15 is 0 Å². The van der Waals surface area contributed by atoms with E-state index in [4.69, 9.17) is 24.7 Å². The van der Waals surface area contributed by atoms with Gasteiger partial charge in [0.25, 0.3) is 0 Å². The molecule has 0 spiro atoms. The largest absolute Gasteiger partial charge is 0.469 e. The van der Waals surface area contributed by atoms with Crippen molar-refractivity contribution in [3.05, 3.63) is 95.6 Å². The standard InChI is InChI=1S/C32H32N4O2/c1-20(2)17-31(22-9-5-13-33-26(22)27-23(31)10-6-14-34-27)19-32(18-21(3)30(37)38-4)24-11-7-15-35-28(24)29-25(32)12-8-16-36-29/h5-16,20-21H,17-19H2,1-4H3. The van der Waals surface area contributed by atoms with Gasteiger partial charge in [-0.3, -0.25) is 24.7 Å². The molecule has 1 atom stereocenters. The van der Waals surface area contributed by atoms with E-state index in [1.54, 1.807) is 0 Å². The number of aromatic nitrogens is 4. The predicted octanol–water partition coefficient (Wildman–Crippen LogP) is 6.14. The molecule has 2 aliphatic carbocycles. The van der Waals surface area contributed by atoms with E-state index in [0.29, 0.717) is 12.3 Å². The van der Waals surface area contributed by atoms with E-state index in [1.807, 2.05) is 56.0 Å². The summed E-state index contributed by atoms with van der Waals surface area (Å²) in [7, 11) is 1.46. The Bertz CT molecular complexity index is 1440. The second-order valence-corrected chi connectivity index (χ2v) is 11.2. The normalized spacial score (nSPS) is 16.3. The van der Waals surface area contributed by atoms with Crippen LogP contribution in [0.3, 0.4) is 0 Å². The number of hydrogen-bond donors (Lipinski definition) is 0. The molecule has 0 aliphatic heterocycles. The highest BCUT2D eigenvalue weighted by Crippen LogP contribution is 2.61. The molecule has 0 bridgehead atoms. The maximum absolute atomic E-state index is 12.9. The Morgan fingerprint density at radius 3 is 1.39 bits per heavy atom. The van der Waals surface area contributed by atoms with E-state index in [9.17, 15) is 4.79 Å². The SMILES string of the molecule is COC(=O)C(C)CC1(CC2(CC(C)C)c3cccnc3-c3ncccc32)c2cccnc2-c2ncccc21. The highest BCUT2D eigenvalue weighted by Gasteiger charge is 2.55. The second-order valence-electron chi connectivity index (χ2n) is 11.2. The van der Waals surface area contributed by atoms with Gasteiger partial charge in [0.2, 0.25) is 0 Å². The molecular formula is C32H32N4O2. The Balaban J connectivity index is 1.65. The number of ether oxygens (including phenoxy) is 1. The van der Waals surface area contributed by atoms with Crippen LogP contribution in [0.25, 0.3) is 22.8 Å². The number of pyridine rings is 4. The van der Waals surface area contributed by atoms with Crippen molar-refractivity contribution in [3.8, 4) is 22.8 Å².